The van der Waals surface area contributed by atoms with E-state index in [1.54, 1.807) is 6.20 Å². The van der Waals surface area contributed by atoms with Gasteiger partial charge in [0, 0.05) is 10.2 Å². The number of thiazole rings is 1. The van der Waals surface area contributed by atoms with Crippen LogP contribution in [0.4, 0.5) is 5.69 Å². The number of guanidine groups is 1. The molecule has 1 unspecified atom stereocenters. The number of anilines is 1. The summed E-state index contributed by atoms with van der Waals surface area (Å²) in [7, 11) is 0. The van der Waals surface area contributed by atoms with E-state index in [1.165, 1.54) is 11.3 Å². The Bertz CT molecular complexity index is 642. The molecule has 2 aromatic rings. The fraction of sp³-hybridized carbons (Fsp3) is 0.167. The number of hydrogen-bond acceptors (Lipinski definition) is 5. The fourth-order valence-corrected chi connectivity index (χ4v) is 3.44. The van der Waals surface area contributed by atoms with Crippen molar-refractivity contribution in [3.8, 4) is 0 Å². The molecular weight excluding hydrogens is 348 g/mol. The molecule has 0 radical (unpaired) electrons. The van der Waals surface area contributed by atoms with Crippen LogP contribution < -0.4 is 10.6 Å². The summed E-state index contributed by atoms with van der Waals surface area (Å²) in [6, 6.07) is 7.97. The van der Waals surface area contributed by atoms with E-state index in [0.29, 0.717) is 16.8 Å². The normalized spacial score (nSPS) is 18.7. The van der Waals surface area contributed by atoms with Crippen molar-refractivity contribution in [1.82, 2.24) is 4.98 Å². The van der Waals surface area contributed by atoms with Gasteiger partial charge in [0.2, 0.25) is 0 Å². The fourth-order valence-electron chi connectivity index (χ4n) is 2.05. The third-order valence-corrected chi connectivity index (χ3v) is 4.56. The Hall–Kier alpha value is -1.11. The van der Waals surface area contributed by atoms with Crippen molar-refractivity contribution >= 4 is 50.5 Å². The van der Waals surface area contributed by atoms with Crippen molar-refractivity contribution in [3.05, 3.63) is 44.3 Å². The Morgan fingerprint density at radius 2 is 2.32 bits per heavy atom. The van der Waals surface area contributed by atoms with Gasteiger partial charge in [-0.2, -0.15) is 0 Å². The largest absolute Gasteiger partial charge is 0.369 e. The average molecular weight is 358 g/mol. The summed E-state index contributed by atoms with van der Waals surface area (Å²) in [5.74, 6) is 0.509. The van der Waals surface area contributed by atoms with Crippen LogP contribution in [0.1, 0.15) is 11.0 Å². The van der Waals surface area contributed by atoms with Gasteiger partial charge in [0.05, 0.1) is 12.7 Å². The second-order valence-electron chi connectivity index (χ2n) is 4.07. The number of halogens is 2. The lowest BCUT2D eigenvalue weighted by atomic mass is 10.2. The molecule has 3 rings (SSSR count). The summed E-state index contributed by atoms with van der Waals surface area (Å²) in [6.07, 6.45) is 1.66. The van der Waals surface area contributed by atoms with Gasteiger partial charge in [0.1, 0.15) is 15.4 Å². The zero-order chi connectivity index (χ0) is 13.4. The van der Waals surface area contributed by atoms with Gasteiger partial charge in [-0.1, -0.05) is 33.6 Å². The Kier molecular flexibility index (Phi) is 3.47. The maximum Gasteiger partial charge on any atom is 0.196 e. The van der Waals surface area contributed by atoms with Gasteiger partial charge in [0.15, 0.2) is 5.96 Å². The van der Waals surface area contributed by atoms with E-state index >= 15 is 0 Å². The van der Waals surface area contributed by atoms with E-state index in [4.69, 9.17) is 17.3 Å². The van der Waals surface area contributed by atoms with Gasteiger partial charge in [-0.05, 0) is 18.2 Å². The first-order valence-electron chi connectivity index (χ1n) is 5.61. The number of aromatic nitrogens is 1. The molecule has 1 aliphatic rings. The van der Waals surface area contributed by atoms with E-state index in [0.717, 1.165) is 15.2 Å². The molecule has 1 atom stereocenters. The van der Waals surface area contributed by atoms with Crippen molar-refractivity contribution in [1.29, 1.82) is 0 Å². The SMILES string of the molecule is NC1=NCC(c2ncc(Cl)s2)N1c1cccc(Br)c1. The smallest absolute Gasteiger partial charge is 0.196 e. The minimum absolute atomic E-state index is 0.0202. The van der Waals surface area contributed by atoms with Gasteiger partial charge in [-0.3, -0.25) is 4.99 Å². The standard InChI is InChI=1S/C12H10BrClN4S/c13-7-2-1-3-8(4-7)18-9(5-17-12(18)15)11-16-6-10(14)19-11/h1-4,6,9H,5H2,(H2,15,17). The Balaban J connectivity index is 1.99. The summed E-state index contributed by atoms with van der Waals surface area (Å²) in [5, 5.41) is 0.925. The molecule has 1 aliphatic heterocycles. The molecule has 0 bridgehead atoms. The molecule has 0 amide bonds. The average Bonchev–Trinajstić information content (AvgIpc) is 2.95. The van der Waals surface area contributed by atoms with Crippen LogP contribution in [-0.4, -0.2) is 17.5 Å². The van der Waals surface area contributed by atoms with Gasteiger partial charge < -0.3 is 10.6 Å². The summed E-state index contributed by atoms with van der Waals surface area (Å²) in [5.41, 5.74) is 6.99. The highest BCUT2D eigenvalue weighted by molar-refractivity contribution is 9.10. The number of aliphatic imine (C=N–C) groups is 1. The van der Waals surface area contributed by atoms with Crippen molar-refractivity contribution in [2.24, 2.45) is 10.7 Å². The highest BCUT2D eigenvalue weighted by Crippen LogP contribution is 2.35. The molecule has 0 fully saturated rings. The number of nitrogens with zero attached hydrogens (tertiary/aromatic N) is 3. The predicted octanol–water partition coefficient (Wildman–Crippen LogP) is 3.44. The van der Waals surface area contributed by atoms with Gasteiger partial charge in [0.25, 0.3) is 0 Å². The number of nitrogens with two attached hydrogens (primary N) is 1. The van der Waals surface area contributed by atoms with E-state index < -0.39 is 0 Å². The molecular formula is C12H10BrClN4S. The van der Waals surface area contributed by atoms with Crippen LogP contribution >= 0.6 is 38.9 Å². The highest BCUT2D eigenvalue weighted by atomic mass is 79.9. The lowest BCUT2D eigenvalue weighted by Gasteiger charge is -2.24. The molecule has 4 nitrogen and oxygen atoms in total. The van der Waals surface area contributed by atoms with E-state index in [1.807, 2.05) is 29.2 Å². The Morgan fingerprint density at radius 1 is 1.47 bits per heavy atom. The Labute approximate surface area is 128 Å². The van der Waals surface area contributed by atoms with Gasteiger partial charge >= 0.3 is 0 Å². The first kappa shape index (κ1) is 12.9. The third-order valence-electron chi connectivity index (χ3n) is 2.85. The van der Waals surface area contributed by atoms with Crippen LogP contribution in [0.25, 0.3) is 0 Å². The lowest BCUT2D eigenvalue weighted by Crippen LogP contribution is -2.36. The van der Waals surface area contributed by atoms with Crippen LogP contribution in [0.5, 0.6) is 0 Å². The second kappa shape index (κ2) is 5.11. The van der Waals surface area contributed by atoms with E-state index in [-0.39, 0.29) is 6.04 Å². The van der Waals surface area contributed by atoms with Crippen molar-refractivity contribution < 1.29 is 0 Å². The minimum atomic E-state index is 0.0202. The number of hydrogen-bond donors (Lipinski definition) is 1. The molecule has 19 heavy (non-hydrogen) atoms. The summed E-state index contributed by atoms with van der Waals surface area (Å²) < 4.78 is 1.68. The zero-order valence-electron chi connectivity index (χ0n) is 9.75. The number of rotatable bonds is 2. The lowest BCUT2D eigenvalue weighted by molar-refractivity contribution is 0.760. The van der Waals surface area contributed by atoms with Crippen molar-refractivity contribution in [3.63, 3.8) is 0 Å². The summed E-state index contributed by atoms with van der Waals surface area (Å²) in [4.78, 5) is 10.6. The third kappa shape index (κ3) is 2.48. The first-order valence-corrected chi connectivity index (χ1v) is 7.60. The summed E-state index contributed by atoms with van der Waals surface area (Å²) >= 11 is 10.9. The van der Waals surface area contributed by atoms with Crippen molar-refractivity contribution in [2.75, 3.05) is 11.4 Å². The monoisotopic (exact) mass is 356 g/mol. The van der Waals surface area contributed by atoms with Crippen LogP contribution in [0, 0.1) is 0 Å². The van der Waals surface area contributed by atoms with Crippen LogP contribution in [-0.2, 0) is 0 Å². The molecule has 98 valence electrons. The molecule has 2 heterocycles. The first-order chi connectivity index (χ1) is 9.15. The molecule has 7 heteroatoms. The highest BCUT2D eigenvalue weighted by Gasteiger charge is 2.31. The minimum Gasteiger partial charge on any atom is -0.369 e. The van der Waals surface area contributed by atoms with Crippen LogP contribution in [0.2, 0.25) is 4.34 Å². The van der Waals surface area contributed by atoms with Gasteiger partial charge in [-0.25, -0.2) is 4.98 Å². The summed E-state index contributed by atoms with van der Waals surface area (Å²) in [6.45, 7) is 0.599. The van der Waals surface area contributed by atoms with E-state index in [9.17, 15) is 0 Å². The van der Waals surface area contributed by atoms with Crippen LogP contribution in [0.3, 0.4) is 0 Å². The molecule has 0 spiro atoms. The van der Waals surface area contributed by atoms with Gasteiger partial charge in [-0.15, -0.1) is 11.3 Å². The molecule has 0 saturated heterocycles. The van der Waals surface area contributed by atoms with Crippen molar-refractivity contribution in [2.45, 2.75) is 6.04 Å². The predicted molar refractivity (Wildman–Crippen MR) is 83.0 cm³/mol. The quantitative estimate of drug-likeness (QED) is 0.896. The molecule has 0 aliphatic carbocycles. The molecule has 1 aromatic carbocycles. The number of benzene rings is 1. The maximum atomic E-state index is 6.00. The molecule has 1 aromatic heterocycles. The maximum absolute atomic E-state index is 6.00. The molecule has 0 saturated carbocycles. The topological polar surface area (TPSA) is 54.5 Å². The molecule has 2 N–H and O–H groups in total. The Morgan fingerprint density at radius 3 is 3.00 bits per heavy atom. The van der Waals surface area contributed by atoms with E-state index in [2.05, 4.69) is 25.9 Å². The van der Waals surface area contributed by atoms with Crippen LogP contribution in [0.15, 0.2) is 39.9 Å². The second-order valence-corrected chi connectivity index (χ2v) is 6.68. The zero-order valence-corrected chi connectivity index (χ0v) is 12.9.